The van der Waals surface area contributed by atoms with Crippen LogP contribution in [0.4, 0.5) is 5.69 Å². The first kappa shape index (κ1) is 15.0. The van der Waals surface area contributed by atoms with Gasteiger partial charge >= 0.3 is 0 Å². The maximum absolute atomic E-state index is 12.0. The van der Waals surface area contributed by atoms with Crippen LogP contribution in [0.5, 0.6) is 0 Å². The molecule has 0 spiro atoms. The second kappa shape index (κ2) is 6.35. The zero-order chi connectivity index (χ0) is 14.6. The predicted molar refractivity (Wildman–Crippen MR) is 79.3 cm³/mol. The lowest BCUT2D eigenvalue weighted by Crippen LogP contribution is -2.45. The number of nitrogens with zero attached hydrogens (tertiary/aromatic N) is 1. The standard InChI is InChI=1S/C15H23N3O2/c1-15(20)6-8-18(9-7-15)11-14(19)17-13-4-2-12(10-16)3-5-13/h2-5,20H,6-11,16H2,1H3,(H,17,19). The summed E-state index contributed by atoms with van der Waals surface area (Å²) in [5, 5.41) is 12.8. The molecule has 1 aliphatic heterocycles. The second-order valence-electron chi connectivity index (χ2n) is 5.72. The van der Waals surface area contributed by atoms with Crippen LogP contribution in [-0.2, 0) is 11.3 Å². The molecule has 1 aromatic rings. The van der Waals surface area contributed by atoms with Crippen molar-refractivity contribution in [2.75, 3.05) is 25.0 Å². The molecule has 0 aromatic heterocycles. The molecule has 0 aliphatic carbocycles. The maximum atomic E-state index is 12.0. The quantitative estimate of drug-likeness (QED) is 0.765. The van der Waals surface area contributed by atoms with E-state index in [0.717, 1.165) is 24.3 Å². The number of amides is 1. The summed E-state index contributed by atoms with van der Waals surface area (Å²) in [6.07, 6.45) is 1.43. The molecule has 1 aliphatic rings. The summed E-state index contributed by atoms with van der Waals surface area (Å²) < 4.78 is 0. The lowest BCUT2D eigenvalue weighted by molar-refractivity contribution is -0.118. The van der Waals surface area contributed by atoms with Crippen molar-refractivity contribution < 1.29 is 9.90 Å². The molecular formula is C15H23N3O2. The molecule has 20 heavy (non-hydrogen) atoms. The summed E-state index contributed by atoms with van der Waals surface area (Å²) in [7, 11) is 0. The first-order valence-corrected chi connectivity index (χ1v) is 7.02. The SMILES string of the molecule is CC1(O)CCN(CC(=O)Nc2ccc(CN)cc2)CC1. The second-order valence-corrected chi connectivity index (χ2v) is 5.72. The average Bonchev–Trinajstić information content (AvgIpc) is 2.42. The number of anilines is 1. The van der Waals surface area contributed by atoms with Gasteiger partial charge in [0.05, 0.1) is 12.1 Å². The van der Waals surface area contributed by atoms with Crippen LogP contribution in [0.2, 0.25) is 0 Å². The molecule has 1 fully saturated rings. The van der Waals surface area contributed by atoms with Crippen LogP contribution in [0.3, 0.4) is 0 Å². The molecule has 5 heteroatoms. The number of likely N-dealkylation sites (tertiary alicyclic amines) is 1. The summed E-state index contributed by atoms with van der Waals surface area (Å²) >= 11 is 0. The van der Waals surface area contributed by atoms with Gasteiger partial charge in [-0.05, 0) is 37.5 Å². The Balaban J connectivity index is 1.80. The predicted octanol–water partition coefficient (Wildman–Crippen LogP) is 0.931. The van der Waals surface area contributed by atoms with Gasteiger partial charge in [-0.15, -0.1) is 0 Å². The van der Waals surface area contributed by atoms with E-state index in [1.165, 1.54) is 0 Å². The van der Waals surface area contributed by atoms with Gasteiger partial charge in [-0.25, -0.2) is 0 Å². The maximum Gasteiger partial charge on any atom is 0.238 e. The Bertz CT molecular complexity index is 447. The van der Waals surface area contributed by atoms with E-state index < -0.39 is 5.60 Å². The van der Waals surface area contributed by atoms with Gasteiger partial charge in [0.25, 0.3) is 0 Å². The highest BCUT2D eigenvalue weighted by atomic mass is 16.3. The van der Waals surface area contributed by atoms with E-state index >= 15 is 0 Å². The third-order valence-corrected chi connectivity index (χ3v) is 3.77. The Morgan fingerprint density at radius 3 is 2.50 bits per heavy atom. The number of nitrogens with one attached hydrogen (secondary N) is 1. The molecule has 1 amide bonds. The van der Waals surface area contributed by atoms with E-state index in [0.29, 0.717) is 25.9 Å². The lowest BCUT2D eigenvalue weighted by atomic mass is 9.94. The molecule has 0 radical (unpaired) electrons. The minimum absolute atomic E-state index is 0.0213. The molecule has 4 N–H and O–H groups in total. The number of aliphatic hydroxyl groups is 1. The fourth-order valence-electron chi connectivity index (χ4n) is 2.32. The highest BCUT2D eigenvalue weighted by Gasteiger charge is 2.27. The van der Waals surface area contributed by atoms with Crippen molar-refractivity contribution in [2.45, 2.75) is 31.9 Å². The van der Waals surface area contributed by atoms with Gasteiger partial charge in [-0.3, -0.25) is 9.69 Å². The van der Waals surface area contributed by atoms with Crippen molar-refractivity contribution in [3.63, 3.8) is 0 Å². The first-order chi connectivity index (χ1) is 9.48. The number of benzene rings is 1. The van der Waals surface area contributed by atoms with Gasteiger partial charge in [0, 0.05) is 25.3 Å². The van der Waals surface area contributed by atoms with E-state index in [1.807, 2.05) is 31.2 Å². The summed E-state index contributed by atoms with van der Waals surface area (Å²) in [6.45, 7) is 4.24. The first-order valence-electron chi connectivity index (χ1n) is 7.02. The molecule has 2 rings (SSSR count). The molecule has 1 heterocycles. The molecule has 0 bridgehead atoms. The van der Waals surface area contributed by atoms with Crippen molar-refractivity contribution >= 4 is 11.6 Å². The zero-order valence-corrected chi connectivity index (χ0v) is 11.9. The van der Waals surface area contributed by atoms with Crippen LogP contribution in [0.25, 0.3) is 0 Å². The smallest absolute Gasteiger partial charge is 0.238 e. The molecule has 5 nitrogen and oxygen atoms in total. The van der Waals surface area contributed by atoms with Crippen LogP contribution >= 0.6 is 0 Å². The summed E-state index contributed by atoms with van der Waals surface area (Å²) in [5.74, 6) is -0.0213. The Morgan fingerprint density at radius 2 is 1.95 bits per heavy atom. The van der Waals surface area contributed by atoms with Gasteiger partial charge in [0.15, 0.2) is 0 Å². The van der Waals surface area contributed by atoms with Gasteiger partial charge in [-0.2, -0.15) is 0 Å². The van der Waals surface area contributed by atoms with Gasteiger partial charge in [-0.1, -0.05) is 12.1 Å². The van der Waals surface area contributed by atoms with E-state index in [4.69, 9.17) is 5.73 Å². The van der Waals surface area contributed by atoms with E-state index in [9.17, 15) is 9.90 Å². The van der Waals surface area contributed by atoms with Crippen molar-refractivity contribution in [2.24, 2.45) is 5.73 Å². The molecule has 1 aromatic carbocycles. The molecular weight excluding hydrogens is 254 g/mol. The number of carbonyl (C=O) groups is 1. The molecule has 110 valence electrons. The fraction of sp³-hybridized carbons (Fsp3) is 0.533. The molecule has 0 saturated carbocycles. The number of piperidine rings is 1. The Kier molecular flexibility index (Phi) is 4.75. The topological polar surface area (TPSA) is 78.6 Å². The minimum Gasteiger partial charge on any atom is -0.390 e. The van der Waals surface area contributed by atoms with Gasteiger partial charge in [0.2, 0.25) is 5.91 Å². The minimum atomic E-state index is -0.578. The largest absolute Gasteiger partial charge is 0.390 e. The van der Waals surface area contributed by atoms with E-state index in [2.05, 4.69) is 10.2 Å². The van der Waals surface area contributed by atoms with Crippen LogP contribution in [0.15, 0.2) is 24.3 Å². The van der Waals surface area contributed by atoms with E-state index in [1.54, 1.807) is 0 Å². The van der Waals surface area contributed by atoms with Gasteiger partial charge in [0.1, 0.15) is 0 Å². The van der Waals surface area contributed by atoms with E-state index in [-0.39, 0.29) is 5.91 Å². The van der Waals surface area contributed by atoms with Crippen LogP contribution in [-0.4, -0.2) is 41.1 Å². The zero-order valence-electron chi connectivity index (χ0n) is 11.9. The van der Waals surface area contributed by atoms with Crippen molar-refractivity contribution in [1.82, 2.24) is 4.90 Å². The molecule has 0 atom stereocenters. The van der Waals surface area contributed by atoms with Gasteiger partial charge < -0.3 is 16.2 Å². The van der Waals surface area contributed by atoms with Crippen molar-refractivity contribution in [1.29, 1.82) is 0 Å². The highest BCUT2D eigenvalue weighted by Crippen LogP contribution is 2.20. The average molecular weight is 277 g/mol. The number of hydrogen-bond acceptors (Lipinski definition) is 4. The van der Waals surface area contributed by atoms with Crippen molar-refractivity contribution in [3.8, 4) is 0 Å². The molecule has 1 saturated heterocycles. The fourth-order valence-corrected chi connectivity index (χ4v) is 2.32. The molecule has 0 unspecified atom stereocenters. The van der Waals surface area contributed by atoms with Crippen LogP contribution < -0.4 is 11.1 Å². The van der Waals surface area contributed by atoms with Crippen LogP contribution in [0.1, 0.15) is 25.3 Å². The normalized spacial score (nSPS) is 18.8. The number of rotatable bonds is 4. The summed E-state index contributed by atoms with van der Waals surface area (Å²) in [6, 6.07) is 7.55. The Morgan fingerprint density at radius 1 is 1.35 bits per heavy atom. The third-order valence-electron chi connectivity index (χ3n) is 3.77. The number of hydrogen-bond donors (Lipinski definition) is 3. The summed E-state index contributed by atoms with van der Waals surface area (Å²) in [4.78, 5) is 14.0. The summed E-state index contributed by atoms with van der Waals surface area (Å²) in [5.41, 5.74) is 6.78. The highest BCUT2D eigenvalue weighted by molar-refractivity contribution is 5.92. The lowest BCUT2D eigenvalue weighted by Gasteiger charge is -2.35. The monoisotopic (exact) mass is 277 g/mol. The third kappa shape index (κ3) is 4.30. The van der Waals surface area contributed by atoms with Crippen LogP contribution in [0, 0.1) is 0 Å². The Labute approximate surface area is 119 Å². The van der Waals surface area contributed by atoms with Crippen molar-refractivity contribution in [3.05, 3.63) is 29.8 Å². The Hall–Kier alpha value is -1.43. The number of carbonyl (C=O) groups excluding carboxylic acids is 1. The number of nitrogens with two attached hydrogens (primary N) is 1.